The number of ether oxygens (including phenoxy) is 3. The molecule has 24 heavy (non-hydrogen) atoms. The first-order valence-corrected chi connectivity index (χ1v) is 7.21. The van der Waals surface area contributed by atoms with E-state index in [-0.39, 0.29) is 12.2 Å². The zero-order chi connectivity index (χ0) is 18.0. The molecule has 0 amide bonds. The van der Waals surface area contributed by atoms with Gasteiger partial charge in [0.25, 0.3) is 0 Å². The number of hydrogen-bond acceptors (Lipinski definition) is 10. The second-order valence-corrected chi connectivity index (χ2v) is 5.49. The van der Waals surface area contributed by atoms with E-state index in [9.17, 15) is 19.2 Å². The number of Topliss-reactive ketones (excluding diaryl/α,β-unsaturated/α-hetero) is 1. The van der Waals surface area contributed by atoms with Crippen LogP contribution in [0.5, 0.6) is 0 Å². The van der Waals surface area contributed by atoms with Crippen LogP contribution in [-0.4, -0.2) is 68.5 Å². The molecule has 10 nitrogen and oxygen atoms in total. The van der Waals surface area contributed by atoms with Crippen LogP contribution in [0.25, 0.3) is 0 Å². The van der Waals surface area contributed by atoms with Crippen molar-refractivity contribution in [2.24, 2.45) is 11.8 Å². The summed E-state index contributed by atoms with van der Waals surface area (Å²) in [5.41, 5.74) is 0. The predicted molar refractivity (Wildman–Crippen MR) is 73.7 cm³/mol. The Morgan fingerprint density at radius 1 is 0.875 bits per heavy atom. The summed E-state index contributed by atoms with van der Waals surface area (Å²) < 4.78 is 14.0. The molecule has 0 aromatic rings. The van der Waals surface area contributed by atoms with Crippen LogP contribution in [0, 0.1) is 11.8 Å². The summed E-state index contributed by atoms with van der Waals surface area (Å²) >= 11 is 0. The molecular weight excluding hydrogens is 326 g/mol. The van der Waals surface area contributed by atoms with Crippen molar-refractivity contribution >= 4 is 23.7 Å². The summed E-state index contributed by atoms with van der Waals surface area (Å²) in [5.74, 6) is -4.31. The van der Waals surface area contributed by atoms with Gasteiger partial charge in [0.2, 0.25) is 0 Å². The van der Waals surface area contributed by atoms with Gasteiger partial charge in [0, 0.05) is 12.3 Å². The number of methoxy groups -OCH3 is 3. The van der Waals surface area contributed by atoms with E-state index in [0.29, 0.717) is 0 Å². The van der Waals surface area contributed by atoms with Gasteiger partial charge in [0.05, 0.1) is 27.4 Å². The fraction of sp³-hybridized carbons (Fsp3) is 0.714. The van der Waals surface area contributed by atoms with E-state index in [1.807, 2.05) is 0 Å². The molecule has 0 radical (unpaired) electrons. The predicted octanol–water partition coefficient (Wildman–Crippen LogP) is -0.985. The maximum atomic E-state index is 12.2. The second kappa shape index (κ2) is 7.24. The minimum absolute atomic E-state index is 0.0638. The first-order chi connectivity index (χ1) is 11.3. The molecule has 0 bridgehead atoms. The smallest absolute Gasteiger partial charge is 0.338 e. The molecule has 5 atom stereocenters. The number of ketones is 1. The van der Waals surface area contributed by atoms with Crippen molar-refractivity contribution < 1.29 is 43.1 Å². The average molecular weight is 345 g/mol. The summed E-state index contributed by atoms with van der Waals surface area (Å²) in [4.78, 5) is 58.2. The molecule has 0 unspecified atom stereocenters. The third-order valence-electron chi connectivity index (χ3n) is 4.06. The number of esters is 3. The third kappa shape index (κ3) is 3.12. The number of hydrogen-bond donors (Lipinski definition) is 0. The highest BCUT2D eigenvalue weighted by Crippen LogP contribution is 2.43. The minimum Gasteiger partial charge on any atom is -0.469 e. The van der Waals surface area contributed by atoms with Crippen molar-refractivity contribution in [1.82, 2.24) is 5.23 Å². The number of carbonyl (C=O) groups is 4. The lowest BCUT2D eigenvalue weighted by Crippen LogP contribution is -2.44. The van der Waals surface area contributed by atoms with Crippen molar-refractivity contribution in [3.8, 4) is 0 Å². The lowest BCUT2D eigenvalue weighted by atomic mass is 9.81. The van der Waals surface area contributed by atoms with E-state index < -0.39 is 48.0 Å². The first kappa shape index (κ1) is 18.3. The molecule has 0 aliphatic carbocycles. The Morgan fingerprint density at radius 2 is 1.38 bits per heavy atom. The maximum absolute atomic E-state index is 12.2. The SMILES string of the molecule is COC(=O)[C@@H]1[C@H]2[C@H](CC(C)=O)[C@H](C(=O)OC)ON2O[C@@H]1C(=O)OC. The molecule has 2 heterocycles. The summed E-state index contributed by atoms with van der Waals surface area (Å²) in [6.45, 7) is 1.34. The number of rotatable bonds is 5. The lowest BCUT2D eigenvalue weighted by molar-refractivity contribution is -0.350. The van der Waals surface area contributed by atoms with Crippen LogP contribution < -0.4 is 0 Å². The molecule has 0 aromatic heterocycles. The quantitative estimate of drug-likeness (QED) is 0.454. The fourth-order valence-corrected chi connectivity index (χ4v) is 3.04. The van der Waals surface area contributed by atoms with E-state index in [1.165, 1.54) is 14.0 Å². The highest BCUT2D eigenvalue weighted by Gasteiger charge is 2.63. The van der Waals surface area contributed by atoms with Gasteiger partial charge in [-0.1, -0.05) is 5.23 Å². The zero-order valence-corrected chi connectivity index (χ0v) is 13.7. The van der Waals surface area contributed by atoms with E-state index in [4.69, 9.17) is 14.4 Å². The molecule has 2 fully saturated rings. The number of hydroxylamine groups is 2. The molecule has 2 rings (SSSR count). The normalized spacial score (nSPS) is 32.1. The minimum atomic E-state index is -1.29. The Labute approximate surface area is 137 Å². The Kier molecular flexibility index (Phi) is 5.52. The number of carbonyl (C=O) groups excluding carboxylic acids is 4. The molecule has 2 aliphatic heterocycles. The number of fused-ring (bicyclic) bond motifs is 1. The summed E-state index contributed by atoms with van der Waals surface area (Å²) in [6, 6.07) is -0.866. The van der Waals surface area contributed by atoms with Crippen LogP contribution in [0.1, 0.15) is 13.3 Å². The summed E-state index contributed by atoms with van der Waals surface area (Å²) in [6.07, 6.45) is -2.48. The van der Waals surface area contributed by atoms with Gasteiger partial charge < -0.3 is 19.0 Å². The molecular formula is C14H19NO9. The molecule has 0 spiro atoms. The molecule has 2 saturated heterocycles. The third-order valence-corrected chi connectivity index (χ3v) is 4.06. The molecule has 0 N–H and O–H groups in total. The van der Waals surface area contributed by atoms with Crippen LogP contribution in [0.3, 0.4) is 0 Å². The molecule has 134 valence electrons. The van der Waals surface area contributed by atoms with E-state index in [1.54, 1.807) is 0 Å². The summed E-state index contributed by atoms with van der Waals surface area (Å²) in [5, 5.41) is 0.901. The van der Waals surface area contributed by atoms with Crippen molar-refractivity contribution in [3.63, 3.8) is 0 Å². The van der Waals surface area contributed by atoms with Crippen molar-refractivity contribution in [1.29, 1.82) is 0 Å². The van der Waals surface area contributed by atoms with Gasteiger partial charge in [-0.25, -0.2) is 9.59 Å². The maximum Gasteiger partial charge on any atom is 0.338 e. The molecule has 10 heteroatoms. The average Bonchev–Trinajstić information content (AvgIpc) is 3.09. The van der Waals surface area contributed by atoms with Gasteiger partial charge in [-0.3, -0.25) is 14.5 Å². The first-order valence-electron chi connectivity index (χ1n) is 7.21. The van der Waals surface area contributed by atoms with Crippen molar-refractivity contribution in [2.75, 3.05) is 21.3 Å². The molecule has 2 aliphatic rings. The van der Waals surface area contributed by atoms with Crippen LogP contribution in [-0.2, 0) is 43.1 Å². The fourth-order valence-electron chi connectivity index (χ4n) is 3.04. The Morgan fingerprint density at radius 3 is 1.88 bits per heavy atom. The van der Waals surface area contributed by atoms with E-state index in [0.717, 1.165) is 19.4 Å². The lowest BCUT2D eigenvalue weighted by Gasteiger charge is -2.22. The van der Waals surface area contributed by atoms with Gasteiger partial charge in [0.15, 0.2) is 12.2 Å². The Bertz CT molecular complexity index is 548. The number of nitrogens with zero attached hydrogens (tertiary/aromatic N) is 1. The highest BCUT2D eigenvalue weighted by atomic mass is 17.0. The standard InChI is InChI=1S/C14H19NO9/c1-6(16)5-7-9-8(12(17)20-2)11(14(19)22-4)24-15(9)23-10(7)13(18)21-3/h7-11H,5H2,1-4H3/t7-,8+,9+,10+,11-/m0/s1. The van der Waals surface area contributed by atoms with Crippen molar-refractivity contribution in [2.45, 2.75) is 31.6 Å². The largest absolute Gasteiger partial charge is 0.469 e. The van der Waals surface area contributed by atoms with Crippen LogP contribution >= 0.6 is 0 Å². The second-order valence-electron chi connectivity index (χ2n) is 5.49. The van der Waals surface area contributed by atoms with Crippen LogP contribution in [0.15, 0.2) is 0 Å². The monoisotopic (exact) mass is 345 g/mol. The zero-order valence-electron chi connectivity index (χ0n) is 13.7. The van der Waals surface area contributed by atoms with Crippen LogP contribution in [0.4, 0.5) is 0 Å². The van der Waals surface area contributed by atoms with Gasteiger partial charge in [-0.2, -0.15) is 0 Å². The van der Waals surface area contributed by atoms with Crippen molar-refractivity contribution in [3.05, 3.63) is 0 Å². The molecule has 0 saturated carbocycles. The Balaban J connectivity index is 2.38. The topological polar surface area (TPSA) is 118 Å². The Hall–Kier alpha value is -2.04. The summed E-state index contributed by atoms with van der Waals surface area (Å²) in [7, 11) is 3.48. The van der Waals surface area contributed by atoms with E-state index in [2.05, 4.69) is 9.47 Å². The van der Waals surface area contributed by atoms with E-state index >= 15 is 0 Å². The van der Waals surface area contributed by atoms with Crippen LogP contribution in [0.2, 0.25) is 0 Å². The van der Waals surface area contributed by atoms with Gasteiger partial charge in [-0.05, 0) is 6.92 Å². The molecule has 0 aromatic carbocycles. The van der Waals surface area contributed by atoms with Gasteiger partial charge in [-0.15, -0.1) is 0 Å². The van der Waals surface area contributed by atoms with Gasteiger partial charge in [0.1, 0.15) is 11.7 Å². The highest BCUT2D eigenvalue weighted by molar-refractivity contribution is 5.86. The van der Waals surface area contributed by atoms with Gasteiger partial charge >= 0.3 is 17.9 Å².